The SMILES string of the molecule is O=C(CCN1CCCN(c2ccc(C(F)(F)F)cn2)CC1)N1CCN(c2ncccn2)CC1. The van der Waals surface area contributed by atoms with Crippen LogP contribution in [0.25, 0.3) is 0 Å². The van der Waals surface area contributed by atoms with Crippen molar-refractivity contribution in [2.75, 3.05) is 68.7 Å². The molecule has 2 fully saturated rings. The van der Waals surface area contributed by atoms with Gasteiger partial charge in [0.05, 0.1) is 5.56 Å². The summed E-state index contributed by atoms with van der Waals surface area (Å²) in [5.41, 5.74) is -0.738. The highest BCUT2D eigenvalue weighted by atomic mass is 19.4. The normalized spacial score (nSPS) is 18.3. The predicted molar refractivity (Wildman–Crippen MR) is 118 cm³/mol. The summed E-state index contributed by atoms with van der Waals surface area (Å²) in [7, 11) is 0. The number of pyridine rings is 1. The minimum atomic E-state index is -4.38. The van der Waals surface area contributed by atoms with Crippen molar-refractivity contribution >= 4 is 17.7 Å². The molecule has 2 aromatic rings. The van der Waals surface area contributed by atoms with Crippen LogP contribution >= 0.6 is 0 Å². The van der Waals surface area contributed by atoms with E-state index in [0.29, 0.717) is 57.5 Å². The zero-order valence-corrected chi connectivity index (χ0v) is 18.4. The molecule has 2 aliphatic heterocycles. The largest absolute Gasteiger partial charge is 0.417 e. The van der Waals surface area contributed by atoms with Crippen LogP contribution in [-0.4, -0.2) is 89.6 Å². The molecule has 0 spiro atoms. The fourth-order valence-corrected chi connectivity index (χ4v) is 4.19. The molecule has 0 unspecified atom stereocenters. The first-order valence-corrected chi connectivity index (χ1v) is 11.2. The maximum Gasteiger partial charge on any atom is 0.417 e. The van der Waals surface area contributed by atoms with Crippen LogP contribution < -0.4 is 9.80 Å². The number of halogens is 3. The van der Waals surface area contributed by atoms with Crippen molar-refractivity contribution in [3.8, 4) is 0 Å². The second-order valence-electron chi connectivity index (χ2n) is 8.25. The minimum Gasteiger partial charge on any atom is -0.355 e. The van der Waals surface area contributed by atoms with Crippen LogP contribution in [0.1, 0.15) is 18.4 Å². The van der Waals surface area contributed by atoms with Gasteiger partial charge in [-0.3, -0.25) is 4.79 Å². The molecule has 4 heterocycles. The Morgan fingerprint density at radius 3 is 2.27 bits per heavy atom. The highest BCUT2D eigenvalue weighted by Crippen LogP contribution is 2.29. The molecule has 0 N–H and O–H groups in total. The molecular formula is C22H28F3N7O. The Kier molecular flexibility index (Phi) is 7.26. The van der Waals surface area contributed by atoms with Gasteiger partial charge in [-0.25, -0.2) is 15.0 Å². The molecule has 4 rings (SSSR count). The van der Waals surface area contributed by atoms with E-state index in [1.165, 1.54) is 6.07 Å². The fourth-order valence-electron chi connectivity index (χ4n) is 4.19. The Balaban J connectivity index is 1.21. The third-order valence-electron chi connectivity index (χ3n) is 6.10. The fraction of sp³-hybridized carbons (Fsp3) is 0.545. The van der Waals surface area contributed by atoms with Gasteiger partial charge in [0.1, 0.15) is 5.82 Å². The Hall–Kier alpha value is -2.95. The Labute approximate surface area is 191 Å². The lowest BCUT2D eigenvalue weighted by Gasteiger charge is -2.35. The molecule has 0 aromatic carbocycles. The highest BCUT2D eigenvalue weighted by Gasteiger charge is 2.31. The first kappa shape index (κ1) is 23.2. The van der Waals surface area contributed by atoms with Crippen LogP contribution in [0.3, 0.4) is 0 Å². The van der Waals surface area contributed by atoms with Crippen molar-refractivity contribution in [3.63, 3.8) is 0 Å². The van der Waals surface area contributed by atoms with Gasteiger partial charge < -0.3 is 19.6 Å². The molecule has 2 aromatic heterocycles. The summed E-state index contributed by atoms with van der Waals surface area (Å²) < 4.78 is 38.3. The van der Waals surface area contributed by atoms with Crippen molar-refractivity contribution < 1.29 is 18.0 Å². The summed E-state index contributed by atoms with van der Waals surface area (Å²) in [5.74, 6) is 1.40. The molecular weight excluding hydrogens is 435 g/mol. The third kappa shape index (κ3) is 6.10. The average Bonchev–Trinajstić information content (AvgIpc) is 3.08. The predicted octanol–water partition coefficient (Wildman–Crippen LogP) is 2.14. The number of anilines is 2. The van der Waals surface area contributed by atoms with E-state index in [9.17, 15) is 18.0 Å². The van der Waals surface area contributed by atoms with E-state index < -0.39 is 11.7 Å². The number of carbonyl (C=O) groups is 1. The molecule has 0 aliphatic carbocycles. The number of alkyl halides is 3. The van der Waals surface area contributed by atoms with Gasteiger partial charge >= 0.3 is 6.18 Å². The zero-order chi connectivity index (χ0) is 23.3. The van der Waals surface area contributed by atoms with Gasteiger partial charge in [-0.2, -0.15) is 13.2 Å². The van der Waals surface area contributed by atoms with Crippen molar-refractivity contribution in [1.29, 1.82) is 0 Å². The lowest BCUT2D eigenvalue weighted by Crippen LogP contribution is -2.49. The summed E-state index contributed by atoms with van der Waals surface area (Å²) in [6.07, 6.45) is 1.27. The van der Waals surface area contributed by atoms with Gasteiger partial charge in [-0.05, 0) is 31.2 Å². The van der Waals surface area contributed by atoms with Crippen LogP contribution in [0.2, 0.25) is 0 Å². The van der Waals surface area contributed by atoms with Crippen LogP contribution in [0.15, 0.2) is 36.8 Å². The second kappa shape index (κ2) is 10.3. The lowest BCUT2D eigenvalue weighted by atomic mass is 10.2. The van der Waals surface area contributed by atoms with Crippen LogP contribution in [0.4, 0.5) is 24.9 Å². The van der Waals surface area contributed by atoms with Crippen molar-refractivity contribution in [1.82, 2.24) is 24.8 Å². The first-order chi connectivity index (χ1) is 15.9. The van der Waals surface area contributed by atoms with Crippen molar-refractivity contribution in [2.45, 2.75) is 19.0 Å². The monoisotopic (exact) mass is 463 g/mol. The van der Waals surface area contributed by atoms with Gasteiger partial charge in [0.25, 0.3) is 0 Å². The maximum atomic E-state index is 12.8. The number of hydrogen-bond donors (Lipinski definition) is 0. The average molecular weight is 464 g/mol. The highest BCUT2D eigenvalue weighted by molar-refractivity contribution is 5.76. The van der Waals surface area contributed by atoms with Gasteiger partial charge in [0.15, 0.2) is 0 Å². The van der Waals surface area contributed by atoms with E-state index in [-0.39, 0.29) is 5.91 Å². The molecule has 0 bridgehead atoms. The number of carbonyl (C=O) groups excluding carboxylic acids is 1. The number of hydrogen-bond acceptors (Lipinski definition) is 7. The van der Waals surface area contributed by atoms with Crippen molar-refractivity contribution in [2.24, 2.45) is 0 Å². The molecule has 2 saturated heterocycles. The standard InChI is InChI=1S/C22H28F3N7O/c23-22(24,25)18-3-4-19(28-17-18)30-9-2-8-29(11-12-30)10-5-20(33)31-13-15-32(16-14-31)21-26-6-1-7-27-21/h1,3-4,6-7,17H,2,5,8-16H2. The third-order valence-corrected chi connectivity index (χ3v) is 6.10. The van der Waals surface area contributed by atoms with Crippen LogP contribution in [0.5, 0.6) is 0 Å². The second-order valence-corrected chi connectivity index (χ2v) is 8.25. The van der Waals surface area contributed by atoms with Crippen LogP contribution in [-0.2, 0) is 11.0 Å². The van der Waals surface area contributed by atoms with Gasteiger partial charge in [0, 0.05) is 77.4 Å². The molecule has 1 amide bonds. The summed E-state index contributed by atoms with van der Waals surface area (Å²) >= 11 is 0. The van der Waals surface area contributed by atoms with E-state index in [1.54, 1.807) is 18.5 Å². The molecule has 33 heavy (non-hydrogen) atoms. The number of rotatable bonds is 5. The van der Waals surface area contributed by atoms with Gasteiger partial charge in [-0.1, -0.05) is 0 Å². The molecule has 8 nitrogen and oxygen atoms in total. The van der Waals surface area contributed by atoms with E-state index in [2.05, 4.69) is 24.8 Å². The molecule has 0 atom stereocenters. The van der Waals surface area contributed by atoms with Crippen LogP contribution in [0, 0.1) is 0 Å². The smallest absolute Gasteiger partial charge is 0.355 e. The molecule has 2 aliphatic rings. The summed E-state index contributed by atoms with van der Waals surface area (Å²) in [6.45, 7) is 6.42. The minimum absolute atomic E-state index is 0.147. The van der Waals surface area contributed by atoms with Crippen molar-refractivity contribution in [3.05, 3.63) is 42.4 Å². The Morgan fingerprint density at radius 1 is 0.879 bits per heavy atom. The van der Waals surface area contributed by atoms with E-state index >= 15 is 0 Å². The molecule has 0 saturated carbocycles. The topological polar surface area (TPSA) is 68.7 Å². The molecule has 178 valence electrons. The Morgan fingerprint density at radius 2 is 1.61 bits per heavy atom. The number of piperazine rings is 1. The van der Waals surface area contributed by atoms with E-state index in [1.807, 2.05) is 9.80 Å². The summed E-state index contributed by atoms with van der Waals surface area (Å²) in [5, 5.41) is 0. The Bertz CT molecular complexity index is 902. The van der Waals surface area contributed by atoms with E-state index in [4.69, 9.17) is 0 Å². The maximum absolute atomic E-state index is 12.8. The first-order valence-electron chi connectivity index (χ1n) is 11.2. The summed E-state index contributed by atoms with van der Waals surface area (Å²) in [4.78, 5) is 33.5. The quantitative estimate of drug-likeness (QED) is 0.673. The lowest BCUT2D eigenvalue weighted by molar-refractivity contribution is -0.137. The number of amides is 1. The van der Waals surface area contributed by atoms with Gasteiger partial charge in [-0.15, -0.1) is 0 Å². The van der Waals surface area contributed by atoms with E-state index in [0.717, 1.165) is 38.3 Å². The zero-order valence-electron chi connectivity index (χ0n) is 18.4. The summed E-state index contributed by atoms with van der Waals surface area (Å²) in [6, 6.07) is 4.29. The molecule has 0 radical (unpaired) electrons. The molecule has 11 heteroatoms. The number of nitrogens with zero attached hydrogens (tertiary/aromatic N) is 7. The number of aromatic nitrogens is 3. The van der Waals surface area contributed by atoms with Gasteiger partial charge in [0.2, 0.25) is 11.9 Å².